The Morgan fingerprint density at radius 3 is 2.63 bits per heavy atom. The normalized spacial score (nSPS) is 25.1. The zero-order chi connectivity index (χ0) is 14.4. The van der Waals surface area contributed by atoms with Crippen LogP contribution in [0, 0.1) is 17.8 Å². The lowest BCUT2D eigenvalue weighted by molar-refractivity contribution is -0.146. The summed E-state index contributed by atoms with van der Waals surface area (Å²) in [6.07, 6.45) is 8.38. The fourth-order valence-electron chi connectivity index (χ4n) is 2.79. The summed E-state index contributed by atoms with van der Waals surface area (Å²) in [6, 6.07) is 0. The van der Waals surface area contributed by atoms with Gasteiger partial charge in [-0.15, -0.1) is 0 Å². The molecule has 3 atom stereocenters. The van der Waals surface area contributed by atoms with Crippen molar-refractivity contribution in [3.63, 3.8) is 0 Å². The van der Waals surface area contributed by atoms with E-state index in [1.54, 1.807) is 0 Å². The third kappa shape index (κ3) is 5.80. The van der Waals surface area contributed by atoms with Crippen LogP contribution in [0.5, 0.6) is 0 Å². The van der Waals surface area contributed by atoms with Crippen molar-refractivity contribution >= 4 is 5.97 Å². The predicted octanol–water partition coefficient (Wildman–Crippen LogP) is 4.74. The first-order valence-electron chi connectivity index (χ1n) is 7.78. The van der Waals surface area contributed by atoms with Crippen molar-refractivity contribution < 1.29 is 9.53 Å². The summed E-state index contributed by atoms with van der Waals surface area (Å²) in [6.45, 7) is 10.5. The number of hydrogen-bond acceptors (Lipinski definition) is 2. The Balaban J connectivity index is 2.53. The SMILES string of the molecule is CC(=O)OC1C=C(C(C)CCCC(C)C)CCC1C. The summed E-state index contributed by atoms with van der Waals surface area (Å²) >= 11 is 0. The molecule has 0 amide bonds. The largest absolute Gasteiger partial charge is 0.458 e. The van der Waals surface area contributed by atoms with Gasteiger partial charge in [0.2, 0.25) is 0 Å². The van der Waals surface area contributed by atoms with E-state index in [9.17, 15) is 4.79 Å². The minimum Gasteiger partial charge on any atom is -0.458 e. The zero-order valence-corrected chi connectivity index (χ0v) is 13.2. The molecule has 0 aromatic carbocycles. The molecule has 2 heteroatoms. The molecule has 0 aliphatic heterocycles. The molecule has 0 fully saturated rings. The number of allylic oxidation sites excluding steroid dienone is 1. The molecule has 0 saturated heterocycles. The summed E-state index contributed by atoms with van der Waals surface area (Å²) in [7, 11) is 0. The maximum Gasteiger partial charge on any atom is 0.303 e. The van der Waals surface area contributed by atoms with Gasteiger partial charge in [-0.3, -0.25) is 4.79 Å². The lowest BCUT2D eigenvalue weighted by Crippen LogP contribution is -2.26. The van der Waals surface area contributed by atoms with Crippen LogP contribution in [0.4, 0.5) is 0 Å². The van der Waals surface area contributed by atoms with Crippen LogP contribution in [0.2, 0.25) is 0 Å². The molecular formula is C17H30O2. The van der Waals surface area contributed by atoms with Crippen molar-refractivity contribution in [1.82, 2.24) is 0 Å². The summed E-state index contributed by atoms with van der Waals surface area (Å²) in [5.41, 5.74) is 1.49. The minimum absolute atomic E-state index is 0.00574. The van der Waals surface area contributed by atoms with Gasteiger partial charge < -0.3 is 4.74 Å². The van der Waals surface area contributed by atoms with Crippen LogP contribution < -0.4 is 0 Å². The molecule has 19 heavy (non-hydrogen) atoms. The maximum atomic E-state index is 11.1. The van der Waals surface area contributed by atoms with E-state index in [0.29, 0.717) is 11.8 Å². The summed E-state index contributed by atoms with van der Waals surface area (Å²) in [5, 5.41) is 0. The Hall–Kier alpha value is -0.790. The number of esters is 1. The molecule has 0 radical (unpaired) electrons. The fraction of sp³-hybridized carbons (Fsp3) is 0.824. The zero-order valence-electron chi connectivity index (χ0n) is 13.2. The van der Waals surface area contributed by atoms with Gasteiger partial charge in [0.25, 0.3) is 0 Å². The molecule has 0 N–H and O–H groups in total. The smallest absolute Gasteiger partial charge is 0.303 e. The second-order valence-electron chi connectivity index (χ2n) is 6.56. The van der Waals surface area contributed by atoms with Crippen LogP contribution in [-0.4, -0.2) is 12.1 Å². The molecule has 0 saturated carbocycles. The van der Waals surface area contributed by atoms with E-state index in [-0.39, 0.29) is 12.1 Å². The van der Waals surface area contributed by atoms with Gasteiger partial charge in [0.15, 0.2) is 0 Å². The fourth-order valence-corrected chi connectivity index (χ4v) is 2.79. The maximum absolute atomic E-state index is 11.1. The van der Waals surface area contributed by atoms with E-state index in [1.807, 2.05) is 0 Å². The third-order valence-electron chi connectivity index (χ3n) is 4.18. The van der Waals surface area contributed by atoms with Gasteiger partial charge in [-0.2, -0.15) is 0 Å². The van der Waals surface area contributed by atoms with Crippen molar-refractivity contribution in [2.75, 3.05) is 0 Å². The van der Waals surface area contributed by atoms with Gasteiger partial charge in [0, 0.05) is 6.92 Å². The molecule has 0 aromatic heterocycles. The molecule has 1 aliphatic rings. The summed E-state index contributed by atoms with van der Waals surface area (Å²) < 4.78 is 5.41. The van der Waals surface area contributed by atoms with E-state index < -0.39 is 0 Å². The van der Waals surface area contributed by atoms with E-state index in [1.165, 1.54) is 38.2 Å². The van der Waals surface area contributed by atoms with Crippen LogP contribution in [0.25, 0.3) is 0 Å². The second kappa shape index (κ2) is 7.72. The van der Waals surface area contributed by atoms with Crippen LogP contribution in [0.15, 0.2) is 11.6 Å². The highest BCUT2D eigenvalue weighted by Gasteiger charge is 2.25. The molecule has 0 spiro atoms. The van der Waals surface area contributed by atoms with Gasteiger partial charge in [0.05, 0.1) is 0 Å². The molecule has 110 valence electrons. The predicted molar refractivity (Wildman–Crippen MR) is 79.9 cm³/mol. The van der Waals surface area contributed by atoms with Crippen molar-refractivity contribution in [3.8, 4) is 0 Å². The van der Waals surface area contributed by atoms with Crippen LogP contribution in [0.3, 0.4) is 0 Å². The highest BCUT2D eigenvalue weighted by atomic mass is 16.5. The van der Waals surface area contributed by atoms with Crippen molar-refractivity contribution in [2.45, 2.75) is 72.8 Å². The average Bonchev–Trinajstić information content (AvgIpc) is 2.30. The molecule has 1 aliphatic carbocycles. The standard InChI is InChI=1S/C17H30O2/c1-12(2)7-6-8-13(3)16-10-9-14(4)17(11-16)19-15(5)18/h11-14,17H,6-10H2,1-5H3. The Morgan fingerprint density at radius 1 is 1.37 bits per heavy atom. The third-order valence-corrected chi connectivity index (χ3v) is 4.18. The van der Waals surface area contributed by atoms with E-state index in [0.717, 1.165) is 12.3 Å². The Bertz CT molecular complexity index is 317. The van der Waals surface area contributed by atoms with Gasteiger partial charge in [-0.1, -0.05) is 46.1 Å². The number of hydrogen-bond donors (Lipinski definition) is 0. The summed E-state index contributed by atoms with van der Waals surface area (Å²) in [5.74, 6) is 1.71. The summed E-state index contributed by atoms with van der Waals surface area (Å²) in [4.78, 5) is 11.1. The van der Waals surface area contributed by atoms with Gasteiger partial charge in [0.1, 0.15) is 6.10 Å². The molecule has 0 aromatic rings. The monoisotopic (exact) mass is 266 g/mol. The van der Waals surface area contributed by atoms with Gasteiger partial charge in [-0.25, -0.2) is 0 Å². The molecule has 0 heterocycles. The first-order valence-corrected chi connectivity index (χ1v) is 7.78. The van der Waals surface area contributed by atoms with Gasteiger partial charge in [-0.05, 0) is 43.1 Å². The number of carbonyl (C=O) groups excluding carboxylic acids is 1. The first-order chi connectivity index (χ1) is 8.90. The molecule has 3 unspecified atom stereocenters. The Morgan fingerprint density at radius 2 is 2.05 bits per heavy atom. The number of ether oxygens (including phenoxy) is 1. The highest BCUT2D eigenvalue weighted by Crippen LogP contribution is 2.32. The average molecular weight is 266 g/mol. The first kappa shape index (κ1) is 16.3. The van der Waals surface area contributed by atoms with E-state index in [4.69, 9.17) is 4.74 Å². The van der Waals surface area contributed by atoms with E-state index >= 15 is 0 Å². The molecule has 2 nitrogen and oxygen atoms in total. The van der Waals surface area contributed by atoms with Gasteiger partial charge >= 0.3 is 5.97 Å². The van der Waals surface area contributed by atoms with Crippen LogP contribution in [-0.2, 0) is 9.53 Å². The number of carbonyl (C=O) groups is 1. The number of rotatable bonds is 6. The van der Waals surface area contributed by atoms with Crippen LogP contribution in [0.1, 0.15) is 66.7 Å². The van der Waals surface area contributed by atoms with Crippen molar-refractivity contribution in [2.24, 2.45) is 17.8 Å². The van der Waals surface area contributed by atoms with Crippen LogP contribution >= 0.6 is 0 Å². The molecule has 1 rings (SSSR count). The lowest BCUT2D eigenvalue weighted by atomic mass is 9.81. The molecule has 0 bridgehead atoms. The molecular weight excluding hydrogens is 236 g/mol. The minimum atomic E-state index is -0.165. The van der Waals surface area contributed by atoms with E-state index in [2.05, 4.69) is 33.8 Å². The quantitative estimate of drug-likeness (QED) is 0.513. The highest BCUT2D eigenvalue weighted by molar-refractivity contribution is 5.66. The Labute approximate surface area is 118 Å². The van der Waals surface area contributed by atoms with Crippen molar-refractivity contribution in [1.29, 1.82) is 0 Å². The van der Waals surface area contributed by atoms with Crippen molar-refractivity contribution in [3.05, 3.63) is 11.6 Å². The Kier molecular flexibility index (Phi) is 6.60. The topological polar surface area (TPSA) is 26.3 Å². The lowest BCUT2D eigenvalue weighted by Gasteiger charge is -2.29. The second-order valence-corrected chi connectivity index (χ2v) is 6.56.